The number of nitro groups is 1. The summed E-state index contributed by atoms with van der Waals surface area (Å²) in [6.07, 6.45) is 1.47. The summed E-state index contributed by atoms with van der Waals surface area (Å²) < 4.78 is 11.0. The number of nitrogens with zero attached hydrogens (tertiary/aromatic N) is 2. The molecule has 0 aliphatic rings. The van der Waals surface area contributed by atoms with Gasteiger partial charge in [-0.15, -0.1) is 0 Å². The molecule has 24 heavy (non-hydrogen) atoms. The Hall–Kier alpha value is -3.19. The minimum Gasteiger partial charge on any atom is -0.487 e. The van der Waals surface area contributed by atoms with Gasteiger partial charge in [0, 0.05) is 23.3 Å². The van der Waals surface area contributed by atoms with Crippen LogP contribution in [0.5, 0.6) is 5.75 Å². The van der Waals surface area contributed by atoms with Crippen LogP contribution >= 0.6 is 0 Å². The smallest absolute Gasteiger partial charge is 0.269 e. The molecule has 0 fully saturated rings. The number of aliphatic hydroxyl groups excluding tert-OH is 1. The van der Waals surface area contributed by atoms with Crippen molar-refractivity contribution >= 4 is 5.69 Å². The van der Waals surface area contributed by atoms with Gasteiger partial charge in [0.25, 0.3) is 5.69 Å². The predicted octanol–water partition coefficient (Wildman–Crippen LogP) is 3.32. The zero-order valence-corrected chi connectivity index (χ0v) is 12.6. The molecule has 0 saturated heterocycles. The highest BCUT2D eigenvalue weighted by Crippen LogP contribution is 2.23. The lowest BCUT2D eigenvalue weighted by Crippen LogP contribution is -1.99. The van der Waals surface area contributed by atoms with Gasteiger partial charge in [0.2, 0.25) is 5.89 Å². The summed E-state index contributed by atoms with van der Waals surface area (Å²) in [7, 11) is 0. The van der Waals surface area contributed by atoms with E-state index in [-0.39, 0.29) is 18.9 Å². The second-order valence-electron chi connectivity index (χ2n) is 5.00. The van der Waals surface area contributed by atoms with Gasteiger partial charge in [-0.05, 0) is 18.2 Å². The number of hydrogen-bond donors (Lipinski definition) is 1. The molecular formula is C17H14N2O5. The first-order valence-electron chi connectivity index (χ1n) is 7.18. The van der Waals surface area contributed by atoms with Crippen molar-refractivity contribution in [1.29, 1.82) is 0 Å². The van der Waals surface area contributed by atoms with Crippen molar-refractivity contribution < 1.29 is 19.2 Å². The fourth-order valence-electron chi connectivity index (χ4n) is 2.16. The Morgan fingerprint density at radius 2 is 1.92 bits per heavy atom. The number of nitro benzene ring substituents is 1. The summed E-state index contributed by atoms with van der Waals surface area (Å²) in [6.45, 7) is 0.0799. The molecule has 0 bridgehead atoms. The molecule has 0 amide bonds. The standard InChI is InChI=1S/C17H14N2O5/c20-9-13-3-1-2-4-16(13)23-10-14-11-24-17(18-14)12-5-7-15(8-6-12)19(21)22/h1-8,11,20H,9-10H2. The molecule has 3 aromatic rings. The number of aromatic nitrogens is 1. The zero-order valence-electron chi connectivity index (χ0n) is 12.6. The Morgan fingerprint density at radius 1 is 1.17 bits per heavy atom. The molecule has 1 N–H and O–H groups in total. The minimum atomic E-state index is -0.461. The van der Waals surface area contributed by atoms with Gasteiger partial charge < -0.3 is 14.3 Å². The summed E-state index contributed by atoms with van der Waals surface area (Å²) >= 11 is 0. The molecular weight excluding hydrogens is 312 g/mol. The average Bonchev–Trinajstić information content (AvgIpc) is 3.09. The normalized spacial score (nSPS) is 10.5. The van der Waals surface area contributed by atoms with E-state index in [1.807, 2.05) is 12.1 Å². The van der Waals surface area contributed by atoms with Crippen LogP contribution in [0.25, 0.3) is 11.5 Å². The highest BCUT2D eigenvalue weighted by Gasteiger charge is 2.11. The van der Waals surface area contributed by atoms with Crippen LogP contribution in [0.1, 0.15) is 11.3 Å². The molecule has 0 saturated carbocycles. The monoisotopic (exact) mass is 326 g/mol. The fraction of sp³-hybridized carbons (Fsp3) is 0.118. The van der Waals surface area contributed by atoms with Crippen molar-refractivity contribution in [2.45, 2.75) is 13.2 Å². The largest absolute Gasteiger partial charge is 0.487 e. The van der Waals surface area contributed by atoms with Crippen LogP contribution in [-0.2, 0) is 13.2 Å². The number of ether oxygens (including phenoxy) is 1. The lowest BCUT2D eigenvalue weighted by Gasteiger charge is -2.07. The number of benzene rings is 2. The van der Waals surface area contributed by atoms with E-state index in [1.54, 1.807) is 24.3 Å². The Labute approximate surface area is 137 Å². The first-order valence-corrected chi connectivity index (χ1v) is 7.18. The second-order valence-corrected chi connectivity index (χ2v) is 5.00. The van der Waals surface area contributed by atoms with Gasteiger partial charge in [-0.3, -0.25) is 10.1 Å². The molecule has 1 heterocycles. The third-order valence-corrected chi connectivity index (χ3v) is 3.40. The van der Waals surface area contributed by atoms with E-state index in [0.717, 1.165) is 0 Å². The second kappa shape index (κ2) is 6.93. The fourth-order valence-corrected chi connectivity index (χ4v) is 2.16. The maximum Gasteiger partial charge on any atom is 0.269 e. The third kappa shape index (κ3) is 3.41. The Bertz CT molecular complexity index is 842. The molecule has 122 valence electrons. The number of oxazole rings is 1. The van der Waals surface area contributed by atoms with E-state index in [9.17, 15) is 15.2 Å². The maximum absolute atomic E-state index is 10.7. The number of para-hydroxylation sites is 1. The van der Waals surface area contributed by atoms with Gasteiger partial charge >= 0.3 is 0 Å². The van der Waals surface area contributed by atoms with Crippen LogP contribution in [0.15, 0.2) is 59.2 Å². The van der Waals surface area contributed by atoms with Crippen molar-refractivity contribution in [3.8, 4) is 17.2 Å². The molecule has 0 aliphatic heterocycles. The lowest BCUT2D eigenvalue weighted by atomic mass is 10.2. The molecule has 0 atom stereocenters. The number of hydrogen-bond acceptors (Lipinski definition) is 6. The zero-order chi connectivity index (χ0) is 16.9. The van der Waals surface area contributed by atoms with E-state index < -0.39 is 4.92 Å². The first-order chi connectivity index (χ1) is 11.7. The average molecular weight is 326 g/mol. The van der Waals surface area contributed by atoms with Crippen LogP contribution in [0, 0.1) is 10.1 Å². The lowest BCUT2D eigenvalue weighted by molar-refractivity contribution is -0.384. The van der Waals surface area contributed by atoms with Gasteiger partial charge in [-0.25, -0.2) is 4.98 Å². The number of non-ortho nitro benzene ring substituents is 1. The molecule has 0 spiro atoms. The van der Waals surface area contributed by atoms with Crippen LogP contribution in [0.2, 0.25) is 0 Å². The minimum absolute atomic E-state index is 0.00877. The Kier molecular flexibility index (Phi) is 4.53. The van der Waals surface area contributed by atoms with Gasteiger partial charge in [0.05, 0.1) is 11.5 Å². The summed E-state index contributed by atoms with van der Waals surface area (Å²) in [6, 6.07) is 13.1. The Morgan fingerprint density at radius 3 is 2.62 bits per heavy atom. The van der Waals surface area contributed by atoms with Crippen molar-refractivity contribution in [1.82, 2.24) is 4.98 Å². The SMILES string of the molecule is O=[N+]([O-])c1ccc(-c2nc(COc3ccccc3CO)co2)cc1. The van der Waals surface area contributed by atoms with Crippen LogP contribution in [-0.4, -0.2) is 15.0 Å². The van der Waals surface area contributed by atoms with Crippen molar-refractivity contribution in [3.05, 3.63) is 76.2 Å². The number of aliphatic hydroxyl groups is 1. The van der Waals surface area contributed by atoms with Crippen molar-refractivity contribution in [3.63, 3.8) is 0 Å². The third-order valence-electron chi connectivity index (χ3n) is 3.40. The molecule has 0 radical (unpaired) electrons. The van der Waals surface area contributed by atoms with Gasteiger partial charge in [0.1, 0.15) is 24.3 Å². The summed E-state index contributed by atoms with van der Waals surface area (Å²) in [4.78, 5) is 14.5. The predicted molar refractivity (Wildman–Crippen MR) is 85.3 cm³/mol. The van der Waals surface area contributed by atoms with Gasteiger partial charge in [0.15, 0.2) is 0 Å². The van der Waals surface area contributed by atoms with E-state index in [2.05, 4.69) is 4.98 Å². The summed E-state index contributed by atoms with van der Waals surface area (Å²) in [5.41, 5.74) is 1.92. The molecule has 3 rings (SSSR count). The molecule has 7 nitrogen and oxygen atoms in total. The molecule has 0 aliphatic carbocycles. The van der Waals surface area contributed by atoms with Crippen molar-refractivity contribution in [2.75, 3.05) is 0 Å². The maximum atomic E-state index is 10.7. The number of rotatable bonds is 6. The molecule has 0 unspecified atom stereocenters. The quantitative estimate of drug-likeness (QED) is 0.551. The van der Waals surface area contributed by atoms with Crippen LogP contribution in [0.4, 0.5) is 5.69 Å². The van der Waals surface area contributed by atoms with E-state index in [4.69, 9.17) is 9.15 Å². The molecule has 7 heteroatoms. The molecule has 2 aromatic carbocycles. The Balaban J connectivity index is 1.70. The highest BCUT2D eigenvalue weighted by molar-refractivity contribution is 5.55. The van der Waals surface area contributed by atoms with Gasteiger partial charge in [-0.2, -0.15) is 0 Å². The van der Waals surface area contributed by atoms with Crippen LogP contribution < -0.4 is 4.74 Å². The van der Waals surface area contributed by atoms with Crippen molar-refractivity contribution in [2.24, 2.45) is 0 Å². The van der Waals surface area contributed by atoms with E-state index >= 15 is 0 Å². The van der Waals surface area contributed by atoms with Crippen LogP contribution in [0.3, 0.4) is 0 Å². The van der Waals surface area contributed by atoms with E-state index in [0.29, 0.717) is 28.5 Å². The summed E-state index contributed by atoms with van der Waals surface area (Å²) in [5.74, 6) is 0.943. The molecule has 1 aromatic heterocycles. The van der Waals surface area contributed by atoms with Gasteiger partial charge in [-0.1, -0.05) is 18.2 Å². The topological polar surface area (TPSA) is 98.6 Å². The summed E-state index contributed by atoms with van der Waals surface area (Å²) in [5, 5.41) is 19.9. The van der Waals surface area contributed by atoms with E-state index in [1.165, 1.54) is 18.4 Å². The highest BCUT2D eigenvalue weighted by atomic mass is 16.6. The first kappa shape index (κ1) is 15.7.